The summed E-state index contributed by atoms with van der Waals surface area (Å²) in [5.74, 6) is -0.121. The van der Waals surface area contributed by atoms with Gasteiger partial charge in [0.1, 0.15) is 0 Å². The summed E-state index contributed by atoms with van der Waals surface area (Å²) < 4.78 is 5.37. The third-order valence-electron chi connectivity index (χ3n) is 4.88. The minimum Gasteiger partial charge on any atom is -0.478 e. The Balaban J connectivity index is 1.48. The lowest BCUT2D eigenvalue weighted by atomic mass is 9.91. The van der Waals surface area contributed by atoms with Gasteiger partial charge in [-0.15, -0.1) is 0 Å². The number of fused-ring (bicyclic) bond motifs is 3. The average molecular weight is 386 g/mol. The third-order valence-corrected chi connectivity index (χ3v) is 5.12. The van der Waals surface area contributed by atoms with Crippen molar-refractivity contribution >= 4 is 28.4 Å². The molecule has 6 nitrogen and oxygen atoms in total. The van der Waals surface area contributed by atoms with Crippen molar-refractivity contribution in [3.63, 3.8) is 0 Å². The van der Waals surface area contributed by atoms with Gasteiger partial charge in [0, 0.05) is 39.6 Å². The van der Waals surface area contributed by atoms with Crippen LogP contribution in [0, 0.1) is 6.92 Å². The first-order valence-electron chi connectivity index (χ1n) is 8.93. The van der Waals surface area contributed by atoms with Gasteiger partial charge in [-0.05, 0) is 49.9 Å². The number of carbonyl (C=O) groups excluding carboxylic acids is 1. The van der Waals surface area contributed by atoms with Crippen LogP contribution in [0.25, 0.3) is 10.9 Å². The summed E-state index contributed by atoms with van der Waals surface area (Å²) in [6.07, 6.45) is 4.27. The molecular formula is C20H20ClN3O3. The van der Waals surface area contributed by atoms with Crippen LogP contribution in [0.3, 0.4) is 0 Å². The van der Waals surface area contributed by atoms with Gasteiger partial charge in [0.2, 0.25) is 5.43 Å². The predicted molar refractivity (Wildman–Crippen MR) is 104 cm³/mol. The summed E-state index contributed by atoms with van der Waals surface area (Å²) >= 11 is 6.13. The number of halogens is 1. The molecule has 2 aromatic heterocycles. The van der Waals surface area contributed by atoms with Crippen LogP contribution in [-0.2, 0) is 11.2 Å². The van der Waals surface area contributed by atoms with E-state index in [-0.39, 0.29) is 29.7 Å². The first-order chi connectivity index (χ1) is 13.0. The molecule has 140 valence electrons. The summed E-state index contributed by atoms with van der Waals surface area (Å²) in [5.41, 5.74) is 3.75. The summed E-state index contributed by atoms with van der Waals surface area (Å²) in [6.45, 7) is 1.58. The van der Waals surface area contributed by atoms with Crippen LogP contribution in [0.4, 0.5) is 0 Å². The summed E-state index contributed by atoms with van der Waals surface area (Å²) in [5, 5.41) is 4.82. The fourth-order valence-electron chi connectivity index (χ4n) is 3.63. The van der Waals surface area contributed by atoms with Crippen molar-refractivity contribution in [1.29, 1.82) is 0 Å². The van der Waals surface area contributed by atoms with Crippen LogP contribution in [0.15, 0.2) is 35.3 Å². The number of aromatic nitrogens is 2. The Labute approximate surface area is 160 Å². The van der Waals surface area contributed by atoms with Gasteiger partial charge >= 0.3 is 0 Å². The fourth-order valence-corrected chi connectivity index (χ4v) is 3.80. The second-order valence-corrected chi connectivity index (χ2v) is 7.29. The Morgan fingerprint density at radius 2 is 2.22 bits per heavy atom. The first-order valence-corrected chi connectivity index (χ1v) is 9.30. The monoisotopic (exact) mass is 385 g/mol. The Kier molecular flexibility index (Phi) is 4.66. The summed E-state index contributed by atoms with van der Waals surface area (Å²) in [4.78, 5) is 30.5. The van der Waals surface area contributed by atoms with Crippen molar-refractivity contribution in [3.05, 3.63) is 62.7 Å². The quantitative estimate of drug-likeness (QED) is 0.643. The van der Waals surface area contributed by atoms with Crippen molar-refractivity contribution in [2.24, 2.45) is 0 Å². The SMILES string of the molecule is Cc1cc(=O)c(OCC(=O)N[C@@H]2CCCc3c2[nH]c2ccc(Cl)cc32)c[nH]1. The number of aromatic amines is 2. The van der Waals surface area contributed by atoms with Crippen molar-refractivity contribution in [2.75, 3.05) is 6.61 Å². The maximum atomic E-state index is 12.4. The third kappa shape index (κ3) is 3.57. The number of H-pyrrole nitrogens is 2. The van der Waals surface area contributed by atoms with Crippen LogP contribution in [-0.4, -0.2) is 22.5 Å². The highest BCUT2D eigenvalue weighted by atomic mass is 35.5. The van der Waals surface area contributed by atoms with Crippen LogP contribution < -0.4 is 15.5 Å². The lowest BCUT2D eigenvalue weighted by Gasteiger charge is -2.23. The van der Waals surface area contributed by atoms with Crippen molar-refractivity contribution in [2.45, 2.75) is 32.2 Å². The normalized spacial score (nSPS) is 16.1. The van der Waals surface area contributed by atoms with E-state index in [0.717, 1.165) is 41.6 Å². The van der Waals surface area contributed by atoms with E-state index in [1.807, 2.05) is 18.2 Å². The van der Waals surface area contributed by atoms with E-state index in [1.54, 1.807) is 6.92 Å². The van der Waals surface area contributed by atoms with Gasteiger partial charge in [-0.1, -0.05) is 11.6 Å². The van der Waals surface area contributed by atoms with E-state index in [2.05, 4.69) is 15.3 Å². The summed E-state index contributed by atoms with van der Waals surface area (Å²) in [6, 6.07) is 7.11. The van der Waals surface area contributed by atoms with Crippen molar-refractivity contribution < 1.29 is 9.53 Å². The molecule has 1 aromatic carbocycles. The number of aryl methyl sites for hydroxylation is 2. The van der Waals surface area contributed by atoms with Crippen molar-refractivity contribution in [1.82, 2.24) is 15.3 Å². The van der Waals surface area contributed by atoms with Crippen molar-refractivity contribution in [3.8, 4) is 5.75 Å². The molecule has 0 unspecified atom stereocenters. The van der Waals surface area contributed by atoms with Crippen LogP contribution >= 0.6 is 11.6 Å². The molecule has 0 radical (unpaired) electrons. The van der Waals surface area contributed by atoms with E-state index in [1.165, 1.54) is 17.8 Å². The molecule has 1 atom stereocenters. The molecule has 1 aliphatic carbocycles. The van der Waals surface area contributed by atoms with Gasteiger partial charge < -0.3 is 20.0 Å². The minimum atomic E-state index is -0.260. The van der Waals surface area contributed by atoms with Gasteiger partial charge in [-0.3, -0.25) is 9.59 Å². The molecule has 3 aromatic rings. The van der Waals surface area contributed by atoms with Crippen LogP contribution in [0.5, 0.6) is 5.75 Å². The lowest BCUT2D eigenvalue weighted by Crippen LogP contribution is -2.34. The molecule has 1 aliphatic rings. The smallest absolute Gasteiger partial charge is 0.258 e. The molecular weight excluding hydrogens is 366 g/mol. The number of rotatable bonds is 4. The highest BCUT2D eigenvalue weighted by molar-refractivity contribution is 6.31. The summed E-state index contributed by atoms with van der Waals surface area (Å²) in [7, 11) is 0. The highest BCUT2D eigenvalue weighted by Crippen LogP contribution is 2.35. The molecule has 0 bridgehead atoms. The first kappa shape index (κ1) is 17.7. The lowest BCUT2D eigenvalue weighted by molar-refractivity contribution is -0.124. The zero-order valence-corrected chi connectivity index (χ0v) is 15.7. The molecule has 0 saturated carbocycles. The highest BCUT2D eigenvalue weighted by Gasteiger charge is 2.25. The van der Waals surface area contributed by atoms with E-state index >= 15 is 0 Å². The zero-order chi connectivity index (χ0) is 19.0. The van der Waals surface area contributed by atoms with Crippen LogP contribution in [0.1, 0.15) is 35.8 Å². The largest absolute Gasteiger partial charge is 0.478 e. The Morgan fingerprint density at radius 3 is 3.04 bits per heavy atom. The number of ether oxygens (including phenoxy) is 1. The maximum absolute atomic E-state index is 12.4. The van der Waals surface area contributed by atoms with Gasteiger partial charge in [0.05, 0.1) is 6.04 Å². The topological polar surface area (TPSA) is 87.0 Å². The number of benzene rings is 1. The van der Waals surface area contributed by atoms with Crippen LogP contribution in [0.2, 0.25) is 5.02 Å². The Hall–Kier alpha value is -2.73. The van der Waals surface area contributed by atoms with Gasteiger partial charge in [-0.2, -0.15) is 0 Å². The van der Waals surface area contributed by atoms with E-state index in [9.17, 15) is 9.59 Å². The number of pyridine rings is 1. The molecule has 27 heavy (non-hydrogen) atoms. The van der Waals surface area contributed by atoms with E-state index in [4.69, 9.17) is 16.3 Å². The molecule has 0 fully saturated rings. The average Bonchev–Trinajstić information content (AvgIpc) is 3.00. The molecule has 2 heterocycles. The molecule has 0 spiro atoms. The maximum Gasteiger partial charge on any atom is 0.258 e. The van der Waals surface area contributed by atoms with Gasteiger partial charge in [0.15, 0.2) is 12.4 Å². The number of carbonyl (C=O) groups is 1. The Bertz CT molecular complexity index is 1070. The fraction of sp³-hybridized carbons (Fsp3) is 0.300. The number of hydrogen-bond donors (Lipinski definition) is 3. The van der Waals surface area contributed by atoms with Gasteiger partial charge in [0.25, 0.3) is 5.91 Å². The molecule has 0 saturated heterocycles. The second kappa shape index (κ2) is 7.12. The zero-order valence-electron chi connectivity index (χ0n) is 14.9. The number of nitrogens with one attached hydrogen (secondary N) is 3. The van der Waals surface area contributed by atoms with Gasteiger partial charge in [-0.25, -0.2) is 0 Å². The molecule has 1 amide bonds. The number of hydrogen-bond acceptors (Lipinski definition) is 3. The molecule has 3 N–H and O–H groups in total. The standard InChI is InChI=1S/C20H20ClN3O3/c1-11-7-17(25)18(9-22-11)27-10-19(26)23-16-4-2-3-13-14-8-12(21)5-6-15(14)24-20(13)16/h5-9,16,24H,2-4,10H2,1H3,(H,22,25)(H,23,26)/t16-/m1/s1. The molecule has 0 aliphatic heterocycles. The minimum absolute atomic E-state index is 0.104. The molecule has 4 rings (SSSR count). The second-order valence-electron chi connectivity index (χ2n) is 6.85. The predicted octanol–water partition coefficient (Wildman–Crippen LogP) is 3.39. The Morgan fingerprint density at radius 1 is 1.37 bits per heavy atom. The van der Waals surface area contributed by atoms with E-state index < -0.39 is 0 Å². The number of amides is 1. The molecule has 7 heteroatoms. The van der Waals surface area contributed by atoms with E-state index in [0.29, 0.717) is 5.02 Å².